The highest BCUT2D eigenvalue weighted by Crippen LogP contribution is 2.48. The number of carbonyl (C=O) groups is 1. The molecule has 1 aromatic heterocycles. The standard InChI is InChI=1S/C25H30O4/c1-5-11-18-22(27)21-19(26)16-20(17-12-9-8-10-13-17)29-24(21)25(14-6-2,15-7-3)23(18)28-4/h8-10,12-13,16H,5-7,11,14-15H2,1-4H3. The Morgan fingerprint density at radius 1 is 0.966 bits per heavy atom. The summed E-state index contributed by atoms with van der Waals surface area (Å²) in [5, 5.41) is 0. The summed E-state index contributed by atoms with van der Waals surface area (Å²) >= 11 is 0. The van der Waals surface area contributed by atoms with Crippen LogP contribution >= 0.6 is 0 Å². The zero-order chi connectivity index (χ0) is 21.0. The van der Waals surface area contributed by atoms with Crippen molar-refractivity contribution in [2.24, 2.45) is 0 Å². The van der Waals surface area contributed by atoms with E-state index in [1.54, 1.807) is 7.11 Å². The number of hydrogen-bond acceptors (Lipinski definition) is 4. The summed E-state index contributed by atoms with van der Waals surface area (Å²) < 4.78 is 12.3. The molecule has 0 aliphatic heterocycles. The smallest absolute Gasteiger partial charge is 0.199 e. The number of carbonyl (C=O) groups excluding carboxylic acids is 1. The largest absolute Gasteiger partial charge is 0.500 e. The van der Waals surface area contributed by atoms with Gasteiger partial charge in [-0.2, -0.15) is 0 Å². The molecule has 29 heavy (non-hydrogen) atoms. The monoisotopic (exact) mass is 394 g/mol. The van der Waals surface area contributed by atoms with E-state index in [-0.39, 0.29) is 16.8 Å². The van der Waals surface area contributed by atoms with Gasteiger partial charge in [-0.3, -0.25) is 9.59 Å². The van der Waals surface area contributed by atoms with Crippen LogP contribution in [0.1, 0.15) is 75.4 Å². The Hall–Kier alpha value is -2.62. The van der Waals surface area contributed by atoms with Crippen molar-refractivity contribution in [1.82, 2.24) is 0 Å². The second-order valence-corrected chi connectivity index (χ2v) is 7.72. The van der Waals surface area contributed by atoms with Crippen LogP contribution in [0.3, 0.4) is 0 Å². The molecule has 4 nitrogen and oxygen atoms in total. The molecule has 0 amide bonds. The molecular weight excluding hydrogens is 364 g/mol. The molecule has 154 valence electrons. The predicted molar refractivity (Wildman–Crippen MR) is 115 cm³/mol. The van der Waals surface area contributed by atoms with Gasteiger partial charge in [-0.15, -0.1) is 0 Å². The van der Waals surface area contributed by atoms with Crippen molar-refractivity contribution in [2.45, 2.75) is 64.7 Å². The molecule has 0 bridgehead atoms. The van der Waals surface area contributed by atoms with Gasteiger partial charge in [0.2, 0.25) is 0 Å². The number of ketones is 1. The first-order chi connectivity index (χ1) is 14.0. The zero-order valence-electron chi connectivity index (χ0n) is 17.8. The van der Waals surface area contributed by atoms with E-state index in [0.717, 1.165) is 37.7 Å². The van der Waals surface area contributed by atoms with Gasteiger partial charge in [0.25, 0.3) is 0 Å². The third kappa shape index (κ3) is 3.57. The lowest BCUT2D eigenvalue weighted by Gasteiger charge is -2.39. The first kappa shape index (κ1) is 21.1. The van der Waals surface area contributed by atoms with Gasteiger partial charge in [-0.05, 0) is 19.3 Å². The fourth-order valence-corrected chi connectivity index (χ4v) is 4.66. The molecule has 0 spiro atoms. The topological polar surface area (TPSA) is 56.5 Å². The molecule has 0 radical (unpaired) electrons. The van der Waals surface area contributed by atoms with E-state index in [9.17, 15) is 9.59 Å². The third-order valence-corrected chi connectivity index (χ3v) is 5.71. The Bertz CT molecular complexity index is 960. The second kappa shape index (κ2) is 8.81. The van der Waals surface area contributed by atoms with Crippen molar-refractivity contribution >= 4 is 5.78 Å². The molecule has 0 saturated carbocycles. The Kier molecular flexibility index (Phi) is 6.41. The van der Waals surface area contributed by atoms with Crippen molar-refractivity contribution in [2.75, 3.05) is 7.11 Å². The minimum atomic E-state index is -0.587. The molecule has 1 aliphatic rings. The van der Waals surface area contributed by atoms with Crippen LogP contribution in [0.2, 0.25) is 0 Å². The van der Waals surface area contributed by atoms with Gasteiger partial charge in [0.05, 0.1) is 12.5 Å². The minimum Gasteiger partial charge on any atom is -0.500 e. The quantitative estimate of drug-likeness (QED) is 0.547. The van der Waals surface area contributed by atoms with Gasteiger partial charge >= 0.3 is 0 Å². The van der Waals surface area contributed by atoms with E-state index in [1.165, 1.54) is 6.07 Å². The number of rotatable bonds is 8. The normalized spacial score (nSPS) is 15.4. The maximum atomic E-state index is 13.3. The van der Waals surface area contributed by atoms with Gasteiger partial charge in [-0.25, -0.2) is 0 Å². The maximum Gasteiger partial charge on any atom is 0.199 e. The van der Waals surface area contributed by atoms with Crippen LogP contribution in [-0.2, 0) is 10.2 Å². The number of methoxy groups -OCH3 is 1. The average molecular weight is 395 g/mol. The summed E-state index contributed by atoms with van der Waals surface area (Å²) in [7, 11) is 1.63. The van der Waals surface area contributed by atoms with Crippen molar-refractivity contribution in [1.29, 1.82) is 0 Å². The summed E-state index contributed by atoms with van der Waals surface area (Å²) in [6, 6.07) is 11.0. The van der Waals surface area contributed by atoms with Crippen molar-refractivity contribution < 1.29 is 13.9 Å². The summed E-state index contributed by atoms with van der Waals surface area (Å²) in [5.41, 5.74) is 0.787. The zero-order valence-corrected chi connectivity index (χ0v) is 17.8. The van der Waals surface area contributed by atoms with Gasteiger partial charge in [0.1, 0.15) is 22.8 Å². The summed E-state index contributed by atoms with van der Waals surface area (Å²) in [6.45, 7) is 6.25. The van der Waals surface area contributed by atoms with Gasteiger partial charge in [0.15, 0.2) is 11.2 Å². The first-order valence-corrected chi connectivity index (χ1v) is 10.6. The highest BCUT2D eigenvalue weighted by Gasteiger charge is 2.49. The molecular formula is C25H30O4. The predicted octanol–water partition coefficient (Wildman–Crippen LogP) is 6.04. The molecule has 0 fully saturated rings. The molecule has 1 heterocycles. The lowest BCUT2D eigenvalue weighted by atomic mass is 9.67. The molecule has 1 aliphatic carbocycles. The van der Waals surface area contributed by atoms with E-state index in [4.69, 9.17) is 9.15 Å². The van der Waals surface area contributed by atoms with Gasteiger partial charge < -0.3 is 9.15 Å². The fourth-order valence-electron chi connectivity index (χ4n) is 4.66. The Morgan fingerprint density at radius 2 is 1.62 bits per heavy atom. The number of ether oxygens (including phenoxy) is 1. The molecule has 0 unspecified atom stereocenters. The molecule has 2 aromatic rings. The SMILES string of the molecule is CCCC1=C(OC)C(CCC)(CCC)c2oc(-c3ccccc3)cc(=O)c2C1=O. The van der Waals surface area contributed by atoms with Crippen LogP contribution in [0.25, 0.3) is 11.3 Å². The summed E-state index contributed by atoms with van der Waals surface area (Å²) in [4.78, 5) is 26.5. The minimum absolute atomic E-state index is 0.191. The van der Waals surface area contributed by atoms with Crippen molar-refractivity contribution in [3.63, 3.8) is 0 Å². The second-order valence-electron chi connectivity index (χ2n) is 7.72. The summed E-state index contributed by atoms with van der Waals surface area (Å²) in [6.07, 6.45) is 4.71. The lowest BCUT2D eigenvalue weighted by molar-refractivity contribution is 0.0968. The van der Waals surface area contributed by atoms with Gasteiger partial charge in [0, 0.05) is 17.2 Å². The Labute approximate surface area is 172 Å². The number of allylic oxidation sites excluding steroid dienone is 2. The van der Waals surface area contributed by atoms with Crippen LogP contribution in [0, 0.1) is 0 Å². The summed E-state index contributed by atoms with van der Waals surface area (Å²) in [5.74, 6) is 1.42. The van der Waals surface area contributed by atoms with E-state index >= 15 is 0 Å². The molecule has 1 aromatic carbocycles. The maximum absolute atomic E-state index is 13.3. The molecule has 4 heteroatoms. The number of Topliss-reactive ketones (excluding diaryl/α,β-unsaturated/α-hetero) is 1. The van der Waals surface area contributed by atoms with E-state index in [1.807, 2.05) is 37.3 Å². The van der Waals surface area contributed by atoms with Crippen LogP contribution in [-0.4, -0.2) is 12.9 Å². The lowest BCUT2D eigenvalue weighted by Crippen LogP contribution is -2.40. The molecule has 3 rings (SSSR count). The number of benzene rings is 1. The Morgan fingerprint density at radius 3 is 2.17 bits per heavy atom. The van der Waals surface area contributed by atoms with Crippen LogP contribution in [0.5, 0.6) is 0 Å². The van der Waals surface area contributed by atoms with Crippen molar-refractivity contribution in [3.8, 4) is 11.3 Å². The van der Waals surface area contributed by atoms with Crippen molar-refractivity contribution in [3.05, 3.63) is 69.3 Å². The van der Waals surface area contributed by atoms with Crippen LogP contribution in [0.4, 0.5) is 0 Å². The average Bonchev–Trinajstić information content (AvgIpc) is 2.72. The fraction of sp³-hybridized carbons (Fsp3) is 0.440. The van der Waals surface area contributed by atoms with E-state index in [0.29, 0.717) is 29.3 Å². The molecule has 0 atom stereocenters. The highest BCUT2D eigenvalue weighted by molar-refractivity contribution is 6.11. The third-order valence-electron chi connectivity index (χ3n) is 5.71. The van der Waals surface area contributed by atoms with Gasteiger partial charge in [-0.1, -0.05) is 70.4 Å². The first-order valence-electron chi connectivity index (χ1n) is 10.6. The van der Waals surface area contributed by atoms with Crippen LogP contribution < -0.4 is 5.43 Å². The van der Waals surface area contributed by atoms with E-state index in [2.05, 4.69) is 13.8 Å². The van der Waals surface area contributed by atoms with Crippen LogP contribution in [0.15, 0.2) is 56.9 Å². The molecule has 0 saturated heterocycles. The van der Waals surface area contributed by atoms with E-state index < -0.39 is 5.41 Å². The number of fused-ring (bicyclic) bond motifs is 1. The number of hydrogen-bond donors (Lipinski definition) is 0. The molecule has 0 N–H and O–H groups in total. The highest BCUT2D eigenvalue weighted by atomic mass is 16.5. The Balaban J connectivity index is 2.37.